The first kappa shape index (κ1) is 11.0. The van der Waals surface area contributed by atoms with Gasteiger partial charge in [0.25, 0.3) is 0 Å². The minimum atomic E-state index is 0.244. The van der Waals surface area contributed by atoms with Crippen molar-refractivity contribution < 1.29 is 5.11 Å². The van der Waals surface area contributed by atoms with E-state index in [1.54, 1.807) is 0 Å². The molecule has 1 saturated carbocycles. The Morgan fingerprint density at radius 2 is 1.85 bits per heavy atom. The molecular weight excluding hydrogens is 162 g/mol. The van der Waals surface area contributed by atoms with E-state index < -0.39 is 0 Å². The van der Waals surface area contributed by atoms with E-state index in [0.29, 0.717) is 6.04 Å². The van der Waals surface area contributed by atoms with Crippen molar-refractivity contribution in [3.05, 3.63) is 0 Å². The molecule has 0 aliphatic heterocycles. The van der Waals surface area contributed by atoms with Crippen molar-refractivity contribution in [3.63, 3.8) is 0 Å². The van der Waals surface area contributed by atoms with Crippen LogP contribution < -0.4 is 5.32 Å². The van der Waals surface area contributed by atoms with E-state index in [2.05, 4.69) is 19.2 Å². The number of aliphatic hydroxyl groups excluding tert-OH is 1. The van der Waals surface area contributed by atoms with Crippen molar-refractivity contribution in [2.45, 2.75) is 52.1 Å². The van der Waals surface area contributed by atoms with Crippen LogP contribution in [0.4, 0.5) is 0 Å². The Balaban J connectivity index is 2.43. The SMILES string of the molecule is CC1CCCC(C)C1N[C@H](C)CO. The van der Waals surface area contributed by atoms with E-state index in [4.69, 9.17) is 5.11 Å². The Morgan fingerprint density at radius 3 is 2.31 bits per heavy atom. The molecule has 0 aromatic rings. The minimum absolute atomic E-state index is 0.244. The number of aliphatic hydroxyl groups is 1. The topological polar surface area (TPSA) is 32.3 Å². The van der Waals surface area contributed by atoms with Crippen LogP contribution in [0.3, 0.4) is 0 Å². The van der Waals surface area contributed by atoms with Crippen molar-refractivity contribution in [3.8, 4) is 0 Å². The molecule has 0 spiro atoms. The lowest BCUT2D eigenvalue weighted by molar-refractivity contribution is 0.166. The predicted octanol–water partition coefficient (Wildman–Crippen LogP) is 1.78. The average Bonchev–Trinajstić information content (AvgIpc) is 2.11. The molecule has 1 fully saturated rings. The minimum Gasteiger partial charge on any atom is -0.395 e. The molecule has 1 rings (SSSR count). The summed E-state index contributed by atoms with van der Waals surface area (Å²) in [7, 11) is 0. The first-order valence-electron chi connectivity index (χ1n) is 5.52. The van der Waals surface area contributed by atoms with Crippen molar-refractivity contribution in [2.75, 3.05) is 6.61 Å². The van der Waals surface area contributed by atoms with Gasteiger partial charge in [-0.3, -0.25) is 0 Å². The van der Waals surface area contributed by atoms with E-state index in [9.17, 15) is 0 Å². The van der Waals surface area contributed by atoms with Gasteiger partial charge in [-0.15, -0.1) is 0 Å². The third kappa shape index (κ3) is 2.96. The third-order valence-electron chi connectivity index (χ3n) is 3.30. The molecule has 2 N–H and O–H groups in total. The van der Waals surface area contributed by atoms with Gasteiger partial charge in [0.2, 0.25) is 0 Å². The van der Waals surface area contributed by atoms with Gasteiger partial charge in [0.15, 0.2) is 0 Å². The van der Waals surface area contributed by atoms with Crippen LogP contribution >= 0.6 is 0 Å². The molecular formula is C11H23NO. The van der Waals surface area contributed by atoms with Gasteiger partial charge in [0.1, 0.15) is 0 Å². The Morgan fingerprint density at radius 1 is 1.31 bits per heavy atom. The zero-order valence-electron chi connectivity index (χ0n) is 9.09. The van der Waals surface area contributed by atoms with Crippen molar-refractivity contribution in [1.29, 1.82) is 0 Å². The largest absolute Gasteiger partial charge is 0.395 e. The van der Waals surface area contributed by atoms with Crippen LogP contribution in [-0.4, -0.2) is 23.8 Å². The van der Waals surface area contributed by atoms with Crippen molar-refractivity contribution in [1.82, 2.24) is 5.32 Å². The summed E-state index contributed by atoms with van der Waals surface area (Å²) >= 11 is 0. The lowest BCUT2D eigenvalue weighted by Gasteiger charge is -2.37. The van der Waals surface area contributed by atoms with E-state index in [-0.39, 0.29) is 12.6 Å². The molecule has 3 atom stereocenters. The maximum absolute atomic E-state index is 8.98. The van der Waals surface area contributed by atoms with Crippen LogP contribution in [-0.2, 0) is 0 Å². The summed E-state index contributed by atoms with van der Waals surface area (Å²) in [6, 6.07) is 0.851. The summed E-state index contributed by atoms with van der Waals surface area (Å²) in [5.41, 5.74) is 0. The Hall–Kier alpha value is -0.0800. The molecule has 0 amide bonds. The fraction of sp³-hybridized carbons (Fsp3) is 1.00. The summed E-state index contributed by atoms with van der Waals surface area (Å²) in [5, 5.41) is 12.5. The molecule has 0 saturated heterocycles. The molecule has 2 unspecified atom stereocenters. The first-order valence-corrected chi connectivity index (χ1v) is 5.52. The molecule has 0 aromatic carbocycles. The number of hydrogen-bond acceptors (Lipinski definition) is 2. The Labute approximate surface area is 81.7 Å². The summed E-state index contributed by atoms with van der Waals surface area (Å²) in [5.74, 6) is 1.52. The number of nitrogens with one attached hydrogen (secondary N) is 1. The predicted molar refractivity (Wildman–Crippen MR) is 55.7 cm³/mol. The maximum atomic E-state index is 8.98. The maximum Gasteiger partial charge on any atom is 0.0582 e. The molecule has 2 heteroatoms. The van der Waals surface area contributed by atoms with Gasteiger partial charge in [-0.05, 0) is 31.6 Å². The average molecular weight is 185 g/mol. The number of rotatable bonds is 3. The normalized spacial score (nSPS) is 37.4. The van der Waals surface area contributed by atoms with Crippen LogP contribution in [0.15, 0.2) is 0 Å². The van der Waals surface area contributed by atoms with Crippen molar-refractivity contribution >= 4 is 0 Å². The molecule has 0 radical (unpaired) electrons. The smallest absolute Gasteiger partial charge is 0.0582 e. The van der Waals surface area contributed by atoms with Gasteiger partial charge in [-0.2, -0.15) is 0 Å². The highest BCUT2D eigenvalue weighted by Gasteiger charge is 2.27. The summed E-state index contributed by atoms with van der Waals surface area (Å²) in [6.45, 7) is 6.93. The van der Waals surface area contributed by atoms with Crippen LogP contribution in [0.1, 0.15) is 40.0 Å². The van der Waals surface area contributed by atoms with Crippen LogP contribution in [0.2, 0.25) is 0 Å². The van der Waals surface area contributed by atoms with Gasteiger partial charge in [0.05, 0.1) is 6.61 Å². The highest BCUT2D eigenvalue weighted by Crippen LogP contribution is 2.28. The molecule has 78 valence electrons. The van der Waals surface area contributed by atoms with Crippen LogP contribution in [0.25, 0.3) is 0 Å². The molecule has 1 aliphatic rings. The molecule has 1 aliphatic carbocycles. The lowest BCUT2D eigenvalue weighted by Crippen LogP contribution is -2.47. The second kappa shape index (κ2) is 4.97. The summed E-state index contributed by atoms with van der Waals surface area (Å²) in [4.78, 5) is 0. The van der Waals surface area contributed by atoms with E-state index >= 15 is 0 Å². The fourth-order valence-electron chi connectivity index (χ4n) is 2.39. The highest BCUT2D eigenvalue weighted by molar-refractivity contribution is 4.84. The van der Waals surface area contributed by atoms with Gasteiger partial charge in [0, 0.05) is 12.1 Å². The molecule has 0 heterocycles. The van der Waals surface area contributed by atoms with Crippen LogP contribution in [0, 0.1) is 11.8 Å². The zero-order valence-corrected chi connectivity index (χ0v) is 9.09. The second-order valence-electron chi connectivity index (χ2n) is 4.66. The highest BCUT2D eigenvalue weighted by atomic mass is 16.3. The zero-order chi connectivity index (χ0) is 9.84. The standard InChI is InChI=1S/C11H23NO/c1-8-5-4-6-9(2)11(8)12-10(3)7-13/h8-13H,4-7H2,1-3H3/t8?,9?,10-,11?/m1/s1. The molecule has 0 aromatic heterocycles. The molecule has 13 heavy (non-hydrogen) atoms. The Kier molecular flexibility index (Phi) is 4.20. The van der Waals surface area contributed by atoms with Crippen molar-refractivity contribution in [2.24, 2.45) is 11.8 Å². The van der Waals surface area contributed by atoms with Gasteiger partial charge in [-0.25, -0.2) is 0 Å². The van der Waals surface area contributed by atoms with Gasteiger partial charge < -0.3 is 10.4 Å². The number of hydrogen-bond donors (Lipinski definition) is 2. The quantitative estimate of drug-likeness (QED) is 0.702. The van der Waals surface area contributed by atoms with E-state index in [1.807, 2.05) is 6.92 Å². The summed E-state index contributed by atoms with van der Waals surface area (Å²) in [6.07, 6.45) is 4.04. The fourth-order valence-corrected chi connectivity index (χ4v) is 2.39. The van der Waals surface area contributed by atoms with E-state index in [0.717, 1.165) is 11.8 Å². The first-order chi connectivity index (χ1) is 6.15. The Bertz CT molecular complexity index is 139. The monoisotopic (exact) mass is 185 g/mol. The summed E-state index contributed by atoms with van der Waals surface area (Å²) < 4.78 is 0. The second-order valence-corrected chi connectivity index (χ2v) is 4.66. The third-order valence-corrected chi connectivity index (χ3v) is 3.30. The van der Waals surface area contributed by atoms with Gasteiger partial charge >= 0.3 is 0 Å². The molecule has 0 bridgehead atoms. The van der Waals surface area contributed by atoms with E-state index in [1.165, 1.54) is 19.3 Å². The lowest BCUT2D eigenvalue weighted by atomic mass is 9.78. The van der Waals surface area contributed by atoms with Crippen LogP contribution in [0.5, 0.6) is 0 Å². The molecule has 2 nitrogen and oxygen atoms in total. The van der Waals surface area contributed by atoms with Gasteiger partial charge in [-0.1, -0.05) is 20.3 Å².